The first-order valence-corrected chi connectivity index (χ1v) is 12.7. The fraction of sp³-hybridized carbons (Fsp3) is 0.222. The molecule has 5 rings (SSSR count). The minimum Gasteiger partial charge on any atom is -0.482 e. The Hall–Kier alpha value is -3.78. The highest BCUT2D eigenvalue weighted by molar-refractivity contribution is 7.98. The first kappa shape index (κ1) is 23.0. The molecule has 4 aromatic rings. The Kier molecular flexibility index (Phi) is 6.46. The number of nitrogens with one attached hydrogen (secondary N) is 1. The van der Waals surface area contributed by atoms with Crippen molar-refractivity contribution in [2.45, 2.75) is 36.8 Å². The molecule has 1 amide bonds. The molecule has 1 aliphatic rings. The molecule has 35 heavy (non-hydrogen) atoms. The van der Waals surface area contributed by atoms with Crippen molar-refractivity contribution in [2.24, 2.45) is 0 Å². The number of amides is 1. The highest BCUT2D eigenvalue weighted by Gasteiger charge is 2.24. The van der Waals surface area contributed by atoms with Gasteiger partial charge in [-0.25, -0.2) is 4.98 Å². The Balaban J connectivity index is 1.29. The normalized spacial score (nSPS) is 13.9. The minimum atomic E-state index is -0.304. The predicted octanol–water partition coefficient (Wildman–Crippen LogP) is 5.98. The quantitative estimate of drug-likeness (QED) is 0.298. The molecule has 0 aliphatic heterocycles. The van der Waals surface area contributed by atoms with Crippen LogP contribution >= 0.6 is 11.8 Å². The second kappa shape index (κ2) is 9.84. The number of thioether (sulfide) groups is 1. The number of nitrogen functional groups attached to an aromatic ring is 1. The Morgan fingerprint density at radius 3 is 2.69 bits per heavy atom. The van der Waals surface area contributed by atoms with Crippen molar-refractivity contribution < 1.29 is 9.53 Å². The Morgan fingerprint density at radius 1 is 1.14 bits per heavy atom. The third-order valence-electron chi connectivity index (χ3n) is 6.01. The monoisotopic (exact) mass is 485 g/mol. The first-order chi connectivity index (χ1) is 17.0. The molecule has 1 atom stereocenters. The van der Waals surface area contributed by atoms with E-state index in [1.54, 1.807) is 18.0 Å². The molecule has 178 valence electrons. The molecular formula is C27H27N5O2S. The summed E-state index contributed by atoms with van der Waals surface area (Å²) in [6, 6.07) is 17.6. The van der Waals surface area contributed by atoms with Gasteiger partial charge in [0.15, 0.2) is 11.6 Å². The van der Waals surface area contributed by atoms with Crippen LogP contribution in [0.2, 0.25) is 0 Å². The molecule has 8 heteroatoms. The Bertz CT molecular complexity index is 1350. The maximum absolute atomic E-state index is 12.7. The highest BCUT2D eigenvalue weighted by atomic mass is 32.2. The van der Waals surface area contributed by atoms with Crippen LogP contribution in [0.25, 0.3) is 11.1 Å². The van der Waals surface area contributed by atoms with Crippen LogP contribution in [0.5, 0.6) is 5.75 Å². The molecule has 7 nitrogen and oxygen atoms in total. The molecule has 0 spiro atoms. The number of ether oxygens (including phenoxy) is 1. The smallest absolute Gasteiger partial charge is 0.255 e. The van der Waals surface area contributed by atoms with Gasteiger partial charge in [0, 0.05) is 39.7 Å². The van der Waals surface area contributed by atoms with Gasteiger partial charge in [-0.3, -0.25) is 9.48 Å². The van der Waals surface area contributed by atoms with Crippen LogP contribution in [-0.4, -0.2) is 26.9 Å². The van der Waals surface area contributed by atoms with Gasteiger partial charge in [-0.05, 0) is 74.0 Å². The van der Waals surface area contributed by atoms with Crippen molar-refractivity contribution >= 4 is 29.2 Å². The third-order valence-corrected chi connectivity index (χ3v) is 6.75. The summed E-state index contributed by atoms with van der Waals surface area (Å²) in [7, 11) is 0. The van der Waals surface area contributed by atoms with Gasteiger partial charge in [0.05, 0.1) is 12.2 Å². The van der Waals surface area contributed by atoms with E-state index in [2.05, 4.69) is 15.4 Å². The Morgan fingerprint density at radius 2 is 1.94 bits per heavy atom. The van der Waals surface area contributed by atoms with E-state index in [-0.39, 0.29) is 12.0 Å². The van der Waals surface area contributed by atoms with Crippen molar-refractivity contribution in [3.8, 4) is 16.9 Å². The maximum Gasteiger partial charge on any atom is 0.255 e. The van der Waals surface area contributed by atoms with Gasteiger partial charge in [0.1, 0.15) is 6.10 Å². The van der Waals surface area contributed by atoms with E-state index in [0.717, 1.165) is 21.6 Å². The van der Waals surface area contributed by atoms with E-state index in [4.69, 9.17) is 10.5 Å². The topological polar surface area (TPSA) is 95.1 Å². The molecule has 0 bridgehead atoms. The van der Waals surface area contributed by atoms with E-state index < -0.39 is 0 Å². The SMILES string of the molecule is CSc1ccc(C(=O)Nc2cccc(C(C)Oc3cc(-c4cnn(C5CC5)c4)cnc3N)c2)cc1. The zero-order chi connectivity index (χ0) is 24.4. The summed E-state index contributed by atoms with van der Waals surface area (Å²) in [6.45, 7) is 1.94. The highest BCUT2D eigenvalue weighted by Crippen LogP contribution is 2.36. The largest absolute Gasteiger partial charge is 0.482 e. The average Bonchev–Trinajstić information content (AvgIpc) is 3.62. The van der Waals surface area contributed by atoms with E-state index in [0.29, 0.717) is 28.9 Å². The van der Waals surface area contributed by atoms with Gasteiger partial charge in [0.25, 0.3) is 5.91 Å². The summed E-state index contributed by atoms with van der Waals surface area (Å²) in [5.41, 5.74) is 10.2. The molecule has 0 saturated heterocycles. The second-order valence-electron chi connectivity index (χ2n) is 8.62. The molecule has 3 N–H and O–H groups in total. The Labute approximate surface area is 208 Å². The number of hydrogen-bond donors (Lipinski definition) is 2. The van der Waals surface area contributed by atoms with Crippen molar-refractivity contribution in [3.63, 3.8) is 0 Å². The van der Waals surface area contributed by atoms with Gasteiger partial charge >= 0.3 is 0 Å². The number of carbonyl (C=O) groups is 1. The molecule has 1 aliphatic carbocycles. The van der Waals surface area contributed by atoms with Gasteiger partial charge in [0.2, 0.25) is 0 Å². The zero-order valence-electron chi connectivity index (χ0n) is 19.6. The van der Waals surface area contributed by atoms with Crippen LogP contribution in [0.15, 0.2) is 78.1 Å². The number of hydrogen-bond acceptors (Lipinski definition) is 6. The lowest BCUT2D eigenvalue weighted by Crippen LogP contribution is -2.12. The van der Waals surface area contributed by atoms with Gasteiger partial charge in [-0.15, -0.1) is 11.8 Å². The van der Waals surface area contributed by atoms with Gasteiger partial charge < -0.3 is 15.8 Å². The van der Waals surface area contributed by atoms with E-state index in [9.17, 15) is 4.79 Å². The number of nitrogens with two attached hydrogens (primary N) is 1. The van der Waals surface area contributed by atoms with Crippen molar-refractivity contribution in [2.75, 3.05) is 17.3 Å². The maximum atomic E-state index is 12.7. The van der Waals surface area contributed by atoms with E-state index in [1.165, 1.54) is 12.8 Å². The molecule has 2 aromatic heterocycles. The standard InChI is InChI=1S/C27H27N5O2S/c1-17(19-4-3-5-22(12-19)31-27(33)18-6-10-24(35-2)11-7-18)34-25-13-20(14-29-26(25)28)21-15-30-32(16-21)23-8-9-23/h3-7,10-17,23H,8-9H2,1-2H3,(H2,28,29)(H,31,33). The average molecular weight is 486 g/mol. The van der Waals surface area contributed by atoms with Crippen LogP contribution in [-0.2, 0) is 0 Å². The van der Waals surface area contributed by atoms with Crippen molar-refractivity contribution in [3.05, 3.63) is 84.3 Å². The molecule has 2 heterocycles. The van der Waals surface area contributed by atoms with E-state index in [1.807, 2.05) is 84.9 Å². The molecule has 0 radical (unpaired) electrons. The lowest BCUT2D eigenvalue weighted by atomic mass is 10.1. The summed E-state index contributed by atoms with van der Waals surface area (Å²) in [5, 5.41) is 7.43. The second-order valence-corrected chi connectivity index (χ2v) is 9.50. The summed E-state index contributed by atoms with van der Waals surface area (Å²) >= 11 is 1.64. The lowest BCUT2D eigenvalue weighted by Gasteiger charge is -2.17. The molecule has 1 unspecified atom stereocenters. The minimum absolute atomic E-state index is 0.156. The fourth-order valence-electron chi connectivity index (χ4n) is 3.81. The zero-order valence-corrected chi connectivity index (χ0v) is 20.5. The summed E-state index contributed by atoms with van der Waals surface area (Å²) in [4.78, 5) is 18.1. The van der Waals surface area contributed by atoms with Crippen LogP contribution in [0.4, 0.5) is 11.5 Å². The molecule has 1 saturated carbocycles. The number of aromatic nitrogens is 3. The van der Waals surface area contributed by atoms with Gasteiger partial charge in [-0.2, -0.15) is 5.10 Å². The van der Waals surface area contributed by atoms with Crippen LogP contribution in [0.1, 0.15) is 47.8 Å². The molecule has 2 aromatic carbocycles. The van der Waals surface area contributed by atoms with Gasteiger partial charge in [-0.1, -0.05) is 12.1 Å². The summed E-state index contributed by atoms with van der Waals surface area (Å²) in [5.74, 6) is 0.682. The van der Waals surface area contributed by atoms with E-state index >= 15 is 0 Å². The first-order valence-electron chi connectivity index (χ1n) is 11.5. The van der Waals surface area contributed by atoms with Crippen LogP contribution < -0.4 is 15.8 Å². The van der Waals surface area contributed by atoms with Crippen LogP contribution in [0, 0.1) is 0 Å². The molecular weight excluding hydrogens is 458 g/mol. The number of pyridine rings is 1. The van der Waals surface area contributed by atoms with Crippen molar-refractivity contribution in [1.82, 2.24) is 14.8 Å². The number of anilines is 2. The molecule has 1 fully saturated rings. The van der Waals surface area contributed by atoms with Crippen LogP contribution in [0.3, 0.4) is 0 Å². The summed E-state index contributed by atoms with van der Waals surface area (Å²) < 4.78 is 8.21. The third kappa shape index (κ3) is 5.33. The summed E-state index contributed by atoms with van der Waals surface area (Å²) in [6.07, 6.45) is 9.68. The van der Waals surface area contributed by atoms with Crippen molar-refractivity contribution in [1.29, 1.82) is 0 Å². The number of nitrogens with zero attached hydrogens (tertiary/aromatic N) is 3. The number of carbonyl (C=O) groups excluding carboxylic acids is 1. The fourth-order valence-corrected chi connectivity index (χ4v) is 4.21. The lowest BCUT2D eigenvalue weighted by molar-refractivity contribution is 0.102. The number of benzene rings is 2. The predicted molar refractivity (Wildman–Crippen MR) is 140 cm³/mol. The number of rotatable bonds is 8.